The molecule has 0 bridgehead atoms. The zero-order valence-electron chi connectivity index (χ0n) is 7.16. The summed E-state index contributed by atoms with van der Waals surface area (Å²) < 4.78 is 0. The van der Waals surface area contributed by atoms with Gasteiger partial charge in [0.05, 0.1) is 0 Å². The van der Waals surface area contributed by atoms with Crippen molar-refractivity contribution < 1.29 is 4.79 Å². The standard InChI is InChI=1S/C7H12N4O/c1-3-11(2)7(12)5-4-6(8)10-9-5/h4H,3H2,1-2H3,(H3,8,9,10). The Morgan fingerprint density at radius 2 is 2.50 bits per heavy atom. The molecule has 0 aliphatic carbocycles. The Balaban J connectivity index is 2.78. The topological polar surface area (TPSA) is 75.0 Å². The molecule has 5 heteroatoms. The average molecular weight is 168 g/mol. The predicted octanol–water partition coefficient (Wildman–Crippen LogP) is 0.0838. The summed E-state index contributed by atoms with van der Waals surface area (Å²) in [7, 11) is 1.72. The number of amides is 1. The van der Waals surface area contributed by atoms with E-state index >= 15 is 0 Å². The summed E-state index contributed by atoms with van der Waals surface area (Å²) >= 11 is 0. The van der Waals surface area contributed by atoms with E-state index in [1.807, 2.05) is 6.92 Å². The van der Waals surface area contributed by atoms with Gasteiger partial charge in [0.25, 0.3) is 5.91 Å². The molecule has 0 aliphatic heterocycles. The van der Waals surface area contributed by atoms with Crippen molar-refractivity contribution in [3.63, 3.8) is 0 Å². The third-order valence-corrected chi connectivity index (χ3v) is 1.65. The van der Waals surface area contributed by atoms with Crippen molar-refractivity contribution in [2.75, 3.05) is 19.3 Å². The molecule has 0 saturated carbocycles. The summed E-state index contributed by atoms with van der Waals surface area (Å²) in [5.74, 6) is 0.240. The number of nitrogens with zero attached hydrogens (tertiary/aromatic N) is 2. The van der Waals surface area contributed by atoms with Crippen LogP contribution >= 0.6 is 0 Å². The van der Waals surface area contributed by atoms with Crippen LogP contribution in [0, 0.1) is 0 Å². The molecule has 0 radical (unpaired) electrons. The second kappa shape index (κ2) is 3.25. The van der Waals surface area contributed by atoms with E-state index in [-0.39, 0.29) is 5.91 Å². The number of aromatic nitrogens is 2. The Morgan fingerprint density at radius 1 is 1.83 bits per heavy atom. The first kappa shape index (κ1) is 8.58. The zero-order valence-corrected chi connectivity index (χ0v) is 7.16. The summed E-state index contributed by atoms with van der Waals surface area (Å²) in [5, 5.41) is 6.21. The maximum absolute atomic E-state index is 11.4. The van der Waals surface area contributed by atoms with Crippen LogP contribution in [0.2, 0.25) is 0 Å². The SMILES string of the molecule is CCN(C)C(=O)c1cc(N)n[nH]1. The molecule has 0 aromatic carbocycles. The number of carbonyl (C=O) groups excluding carboxylic acids is 1. The summed E-state index contributed by atoms with van der Waals surface area (Å²) in [4.78, 5) is 13.0. The molecular weight excluding hydrogens is 156 g/mol. The van der Waals surface area contributed by atoms with Gasteiger partial charge in [-0.3, -0.25) is 9.89 Å². The van der Waals surface area contributed by atoms with Crippen LogP contribution < -0.4 is 5.73 Å². The number of H-pyrrole nitrogens is 1. The number of nitrogens with one attached hydrogen (secondary N) is 1. The smallest absolute Gasteiger partial charge is 0.271 e. The Kier molecular flexibility index (Phi) is 2.32. The second-order valence-corrected chi connectivity index (χ2v) is 2.53. The van der Waals surface area contributed by atoms with Crippen LogP contribution in [0.4, 0.5) is 5.82 Å². The summed E-state index contributed by atoms with van der Waals surface area (Å²) in [6.07, 6.45) is 0. The molecule has 1 aromatic heterocycles. The first-order valence-electron chi connectivity index (χ1n) is 3.71. The van der Waals surface area contributed by atoms with E-state index in [1.54, 1.807) is 11.9 Å². The number of aromatic amines is 1. The average Bonchev–Trinajstić information content (AvgIpc) is 2.49. The Labute approximate surface area is 70.5 Å². The van der Waals surface area contributed by atoms with Crippen molar-refractivity contribution in [2.24, 2.45) is 0 Å². The van der Waals surface area contributed by atoms with Gasteiger partial charge >= 0.3 is 0 Å². The first-order valence-corrected chi connectivity index (χ1v) is 3.71. The fraction of sp³-hybridized carbons (Fsp3) is 0.429. The monoisotopic (exact) mass is 168 g/mol. The second-order valence-electron chi connectivity index (χ2n) is 2.53. The molecule has 0 spiro atoms. The van der Waals surface area contributed by atoms with Crippen molar-refractivity contribution in [1.82, 2.24) is 15.1 Å². The number of anilines is 1. The number of hydrogen-bond acceptors (Lipinski definition) is 3. The van der Waals surface area contributed by atoms with Crippen LogP contribution in [-0.2, 0) is 0 Å². The molecule has 0 fully saturated rings. The molecule has 3 N–H and O–H groups in total. The number of nitrogens with two attached hydrogens (primary N) is 1. The fourth-order valence-electron chi connectivity index (χ4n) is 0.796. The normalized spacial score (nSPS) is 9.83. The van der Waals surface area contributed by atoms with Gasteiger partial charge in [-0.15, -0.1) is 0 Å². The van der Waals surface area contributed by atoms with E-state index < -0.39 is 0 Å². The van der Waals surface area contributed by atoms with Crippen molar-refractivity contribution in [3.8, 4) is 0 Å². The van der Waals surface area contributed by atoms with Crippen LogP contribution in [0.5, 0.6) is 0 Å². The van der Waals surface area contributed by atoms with Gasteiger partial charge in [-0.25, -0.2) is 0 Å². The summed E-state index contributed by atoms with van der Waals surface area (Å²) in [5.41, 5.74) is 5.77. The lowest BCUT2D eigenvalue weighted by Gasteiger charge is -2.11. The van der Waals surface area contributed by atoms with Gasteiger partial charge in [-0.05, 0) is 6.92 Å². The molecule has 5 nitrogen and oxygen atoms in total. The number of rotatable bonds is 2. The van der Waals surface area contributed by atoms with Crippen LogP contribution in [-0.4, -0.2) is 34.6 Å². The van der Waals surface area contributed by atoms with E-state index in [4.69, 9.17) is 5.73 Å². The van der Waals surface area contributed by atoms with E-state index in [1.165, 1.54) is 6.07 Å². The van der Waals surface area contributed by atoms with Crippen molar-refractivity contribution in [2.45, 2.75) is 6.92 Å². The predicted molar refractivity (Wildman–Crippen MR) is 45.6 cm³/mol. The largest absolute Gasteiger partial charge is 0.382 e. The van der Waals surface area contributed by atoms with Crippen LogP contribution in [0.15, 0.2) is 6.07 Å². The Morgan fingerprint density at radius 3 is 2.92 bits per heavy atom. The first-order chi connectivity index (χ1) is 5.65. The molecule has 1 amide bonds. The third kappa shape index (κ3) is 1.55. The molecular formula is C7H12N4O. The lowest BCUT2D eigenvalue weighted by atomic mass is 10.3. The number of hydrogen-bond donors (Lipinski definition) is 2. The van der Waals surface area contributed by atoms with Crippen LogP contribution in [0.3, 0.4) is 0 Å². The van der Waals surface area contributed by atoms with E-state index in [0.29, 0.717) is 18.1 Å². The highest BCUT2D eigenvalue weighted by atomic mass is 16.2. The van der Waals surface area contributed by atoms with Gasteiger partial charge in [0, 0.05) is 19.7 Å². The molecule has 0 saturated heterocycles. The highest BCUT2D eigenvalue weighted by molar-refractivity contribution is 5.92. The van der Waals surface area contributed by atoms with E-state index in [2.05, 4.69) is 10.2 Å². The number of nitrogen functional groups attached to an aromatic ring is 1. The minimum absolute atomic E-state index is 0.0956. The van der Waals surface area contributed by atoms with Gasteiger partial charge in [0.2, 0.25) is 0 Å². The third-order valence-electron chi connectivity index (χ3n) is 1.65. The van der Waals surface area contributed by atoms with Crippen molar-refractivity contribution in [1.29, 1.82) is 0 Å². The molecule has 12 heavy (non-hydrogen) atoms. The minimum atomic E-state index is -0.0956. The van der Waals surface area contributed by atoms with Crippen molar-refractivity contribution in [3.05, 3.63) is 11.8 Å². The molecule has 0 atom stereocenters. The quantitative estimate of drug-likeness (QED) is 0.656. The molecule has 1 rings (SSSR count). The fourth-order valence-corrected chi connectivity index (χ4v) is 0.796. The molecule has 1 aromatic rings. The van der Waals surface area contributed by atoms with Gasteiger partial charge in [0.1, 0.15) is 11.5 Å². The Bertz CT molecular complexity index is 281. The molecule has 0 unspecified atom stereocenters. The molecule has 1 heterocycles. The van der Waals surface area contributed by atoms with Gasteiger partial charge in [-0.1, -0.05) is 0 Å². The molecule has 0 aliphatic rings. The van der Waals surface area contributed by atoms with Gasteiger partial charge in [0.15, 0.2) is 0 Å². The van der Waals surface area contributed by atoms with Gasteiger partial charge in [-0.2, -0.15) is 5.10 Å². The maximum Gasteiger partial charge on any atom is 0.271 e. The van der Waals surface area contributed by atoms with Crippen LogP contribution in [0.1, 0.15) is 17.4 Å². The van der Waals surface area contributed by atoms with E-state index in [9.17, 15) is 4.79 Å². The van der Waals surface area contributed by atoms with E-state index in [0.717, 1.165) is 0 Å². The lowest BCUT2D eigenvalue weighted by Crippen LogP contribution is -2.26. The highest BCUT2D eigenvalue weighted by Gasteiger charge is 2.11. The highest BCUT2D eigenvalue weighted by Crippen LogP contribution is 2.02. The van der Waals surface area contributed by atoms with Crippen molar-refractivity contribution >= 4 is 11.7 Å². The maximum atomic E-state index is 11.4. The Hall–Kier alpha value is -1.52. The lowest BCUT2D eigenvalue weighted by molar-refractivity contribution is 0.0796. The minimum Gasteiger partial charge on any atom is -0.382 e. The zero-order chi connectivity index (χ0) is 9.14. The number of carbonyl (C=O) groups is 1. The van der Waals surface area contributed by atoms with Crippen LogP contribution in [0.25, 0.3) is 0 Å². The summed E-state index contributed by atoms with van der Waals surface area (Å²) in [6, 6.07) is 1.52. The van der Waals surface area contributed by atoms with Gasteiger partial charge < -0.3 is 10.6 Å². The summed E-state index contributed by atoms with van der Waals surface area (Å²) in [6.45, 7) is 2.56. The molecule has 66 valence electrons.